The summed E-state index contributed by atoms with van der Waals surface area (Å²) < 4.78 is 5.66. The summed E-state index contributed by atoms with van der Waals surface area (Å²) >= 11 is 5.31. The number of rotatable bonds is 7. The van der Waals surface area contributed by atoms with Crippen LogP contribution in [0.15, 0.2) is 48.5 Å². The summed E-state index contributed by atoms with van der Waals surface area (Å²) in [6.45, 7) is 4.25. The molecule has 7 heteroatoms. The zero-order chi connectivity index (χ0) is 21.3. The van der Waals surface area contributed by atoms with Gasteiger partial charge in [-0.25, -0.2) is 0 Å². The molecule has 1 aliphatic rings. The van der Waals surface area contributed by atoms with Crippen LogP contribution in [0.5, 0.6) is 5.75 Å². The number of nitrogens with one attached hydrogen (secondary N) is 2. The average Bonchev–Trinajstić information content (AvgIpc) is 3.29. The van der Waals surface area contributed by atoms with Crippen LogP contribution in [0.3, 0.4) is 0 Å². The van der Waals surface area contributed by atoms with E-state index in [4.69, 9.17) is 17.0 Å². The highest BCUT2D eigenvalue weighted by atomic mass is 32.1. The molecule has 0 aromatic heterocycles. The second-order valence-corrected chi connectivity index (χ2v) is 7.59. The van der Waals surface area contributed by atoms with Gasteiger partial charge in [0.2, 0.25) is 0 Å². The second-order valence-electron chi connectivity index (χ2n) is 7.18. The van der Waals surface area contributed by atoms with Gasteiger partial charge in [0.15, 0.2) is 5.11 Å². The molecule has 30 heavy (non-hydrogen) atoms. The minimum Gasteiger partial charge on any atom is -0.494 e. The molecule has 1 heterocycles. The quantitative estimate of drug-likeness (QED) is 0.513. The topological polar surface area (TPSA) is 70.7 Å². The maximum absolute atomic E-state index is 12.8. The maximum atomic E-state index is 12.8. The van der Waals surface area contributed by atoms with E-state index >= 15 is 0 Å². The Morgan fingerprint density at radius 1 is 1.10 bits per heavy atom. The molecule has 1 fully saturated rings. The number of benzene rings is 2. The van der Waals surface area contributed by atoms with Crippen LogP contribution in [0, 0.1) is 0 Å². The van der Waals surface area contributed by atoms with E-state index in [1.54, 1.807) is 30.3 Å². The van der Waals surface area contributed by atoms with Gasteiger partial charge >= 0.3 is 0 Å². The standard InChI is InChI=1S/C23H27N3O3S/c1-2-3-15-29-18-10-8-9-17(16-18)21(27)25-23(30)24-20-12-5-4-11-19(20)22(28)26-13-6-7-14-26/h4-5,8-12,16H,2-3,6-7,13-15H2,1H3,(H2,24,25,27,30). The fourth-order valence-electron chi connectivity index (χ4n) is 3.26. The SMILES string of the molecule is CCCCOc1cccc(C(=O)NC(=S)Nc2ccccc2C(=O)N2CCCC2)c1. The summed E-state index contributed by atoms with van der Waals surface area (Å²) in [5.41, 5.74) is 1.58. The Kier molecular flexibility index (Phi) is 7.79. The number of nitrogens with zero attached hydrogens (tertiary/aromatic N) is 1. The maximum Gasteiger partial charge on any atom is 0.257 e. The summed E-state index contributed by atoms with van der Waals surface area (Å²) in [5.74, 6) is 0.287. The molecule has 0 saturated carbocycles. The third-order valence-corrected chi connectivity index (χ3v) is 5.09. The molecule has 6 nitrogen and oxygen atoms in total. The van der Waals surface area contributed by atoms with Crippen molar-refractivity contribution in [2.45, 2.75) is 32.6 Å². The lowest BCUT2D eigenvalue weighted by Crippen LogP contribution is -2.35. The summed E-state index contributed by atoms with van der Waals surface area (Å²) in [6.07, 6.45) is 4.05. The lowest BCUT2D eigenvalue weighted by atomic mass is 10.1. The van der Waals surface area contributed by atoms with Gasteiger partial charge in [0.05, 0.1) is 17.9 Å². The number of hydrogen-bond donors (Lipinski definition) is 2. The third kappa shape index (κ3) is 5.79. The van der Waals surface area contributed by atoms with Gasteiger partial charge in [-0.05, 0) is 61.8 Å². The molecule has 0 spiro atoms. The van der Waals surface area contributed by atoms with Crippen molar-refractivity contribution < 1.29 is 14.3 Å². The zero-order valence-corrected chi connectivity index (χ0v) is 18.0. The largest absolute Gasteiger partial charge is 0.494 e. The van der Waals surface area contributed by atoms with Gasteiger partial charge in [0.25, 0.3) is 11.8 Å². The van der Waals surface area contributed by atoms with E-state index < -0.39 is 0 Å². The molecule has 1 aliphatic heterocycles. The lowest BCUT2D eigenvalue weighted by Gasteiger charge is -2.18. The van der Waals surface area contributed by atoms with Crippen molar-refractivity contribution in [1.82, 2.24) is 10.2 Å². The zero-order valence-electron chi connectivity index (χ0n) is 17.1. The molecule has 0 bridgehead atoms. The van der Waals surface area contributed by atoms with E-state index in [9.17, 15) is 9.59 Å². The van der Waals surface area contributed by atoms with E-state index in [1.165, 1.54) is 0 Å². The minimum atomic E-state index is -0.336. The monoisotopic (exact) mass is 425 g/mol. The Morgan fingerprint density at radius 3 is 2.63 bits per heavy atom. The first kappa shape index (κ1) is 21.8. The van der Waals surface area contributed by atoms with Gasteiger partial charge in [-0.1, -0.05) is 31.5 Å². The van der Waals surface area contributed by atoms with Crippen LogP contribution >= 0.6 is 12.2 Å². The van der Waals surface area contributed by atoms with E-state index in [0.29, 0.717) is 29.2 Å². The number of para-hydroxylation sites is 1. The van der Waals surface area contributed by atoms with Crippen molar-refractivity contribution in [3.05, 3.63) is 59.7 Å². The molecule has 2 N–H and O–H groups in total. The van der Waals surface area contributed by atoms with Crippen LogP contribution in [0.4, 0.5) is 5.69 Å². The Bertz CT molecular complexity index is 910. The predicted molar refractivity (Wildman–Crippen MR) is 122 cm³/mol. The number of thiocarbonyl (C=S) groups is 1. The fraction of sp³-hybridized carbons (Fsp3) is 0.348. The molecule has 3 rings (SSSR count). The average molecular weight is 426 g/mol. The van der Waals surface area contributed by atoms with Gasteiger partial charge < -0.3 is 15.0 Å². The predicted octanol–water partition coefficient (Wildman–Crippen LogP) is 4.23. The molecular formula is C23H27N3O3S. The number of amides is 2. The van der Waals surface area contributed by atoms with Crippen molar-refractivity contribution in [2.24, 2.45) is 0 Å². The van der Waals surface area contributed by atoms with Crippen LogP contribution < -0.4 is 15.4 Å². The smallest absolute Gasteiger partial charge is 0.257 e. The summed E-state index contributed by atoms with van der Waals surface area (Å²) in [4.78, 5) is 27.2. The van der Waals surface area contributed by atoms with E-state index in [1.807, 2.05) is 23.1 Å². The first-order chi connectivity index (χ1) is 14.6. The molecule has 0 radical (unpaired) electrons. The number of hydrogen-bond acceptors (Lipinski definition) is 4. The van der Waals surface area contributed by atoms with Crippen LogP contribution in [0.1, 0.15) is 53.3 Å². The minimum absolute atomic E-state index is 0.0262. The van der Waals surface area contributed by atoms with Crippen molar-refractivity contribution in [3.63, 3.8) is 0 Å². The number of carbonyl (C=O) groups excluding carboxylic acids is 2. The van der Waals surface area contributed by atoms with Gasteiger partial charge in [-0.2, -0.15) is 0 Å². The molecule has 2 amide bonds. The molecule has 0 aliphatic carbocycles. The molecule has 1 saturated heterocycles. The van der Waals surface area contributed by atoms with Crippen molar-refractivity contribution in [1.29, 1.82) is 0 Å². The molecule has 0 atom stereocenters. The summed E-state index contributed by atoms with van der Waals surface area (Å²) in [5, 5.41) is 5.81. The van der Waals surface area contributed by atoms with Gasteiger partial charge in [0.1, 0.15) is 5.75 Å². The van der Waals surface area contributed by atoms with Crippen molar-refractivity contribution in [3.8, 4) is 5.75 Å². The molecule has 2 aromatic rings. The molecule has 158 valence electrons. The number of carbonyl (C=O) groups is 2. The molecular weight excluding hydrogens is 398 g/mol. The summed E-state index contributed by atoms with van der Waals surface area (Å²) in [7, 11) is 0. The Morgan fingerprint density at radius 2 is 1.87 bits per heavy atom. The molecule has 0 unspecified atom stereocenters. The highest BCUT2D eigenvalue weighted by molar-refractivity contribution is 7.80. The first-order valence-corrected chi connectivity index (χ1v) is 10.7. The Balaban J connectivity index is 1.63. The van der Waals surface area contributed by atoms with E-state index in [0.717, 1.165) is 38.8 Å². The third-order valence-electron chi connectivity index (χ3n) is 4.89. The van der Waals surface area contributed by atoms with Crippen LogP contribution in [0.2, 0.25) is 0 Å². The normalized spacial score (nSPS) is 13.0. The van der Waals surface area contributed by atoms with Crippen molar-refractivity contribution in [2.75, 3.05) is 25.0 Å². The number of unbranched alkanes of at least 4 members (excludes halogenated alkanes) is 1. The van der Waals surface area contributed by atoms with Crippen LogP contribution in [-0.4, -0.2) is 41.5 Å². The fourth-order valence-corrected chi connectivity index (χ4v) is 3.46. The Hall–Kier alpha value is -2.93. The molecule has 2 aromatic carbocycles. The van der Waals surface area contributed by atoms with E-state index in [-0.39, 0.29) is 16.9 Å². The van der Waals surface area contributed by atoms with Gasteiger partial charge in [-0.3, -0.25) is 14.9 Å². The second kappa shape index (κ2) is 10.7. The highest BCUT2D eigenvalue weighted by Crippen LogP contribution is 2.20. The van der Waals surface area contributed by atoms with Crippen molar-refractivity contribution >= 4 is 34.8 Å². The van der Waals surface area contributed by atoms with E-state index in [2.05, 4.69) is 17.6 Å². The van der Waals surface area contributed by atoms with Gasteiger partial charge in [-0.15, -0.1) is 0 Å². The first-order valence-electron chi connectivity index (χ1n) is 10.3. The Labute approximate surface area is 182 Å². The van der Waals surface area contributed by atoms with Crippen LogP contribution in [-0.2, 0) is 0 Å². The number of ether oxygens (including phenoxy) is 1. The van der Waals surface area contributed by atoms with Crippen LogP contribution in [0.25, 0.3) is 0 Å². The summed E-state index contributed by atoms with van der Waals surface area (Å²) in [6, 6.07) is 14.2. The highest BCUT2D eigenvalue weighted by Gasteiger charge is 2.22. The number of anilines is 1. The lowest BCUT2D eigenvalue weighted by molar-refractivity contribution is 0.0793. The number of likely N-dealkylation sites (tertiary alicyclic amines) is 1. The van der Waals surface area contributed by atoms with Gasteiger partial charge in [0, 0.05) is 18.7 Å².